The van der Waals surface area contributed by atoms with E-state index in [1.807, 2.05) is 63.2 Å². The van der Waals surface area contributed by atoms with Gasteiger partial charge in [-0.1, -0.05) is 30.3 Å². The van der Waals surface area contributed by atoms with Crippen LogP contribution >= 0.6 is 0 Å². The van der Waals surface area contributed by atoms with Crippen molar-refractivity contribution in [3.05, 3.63) is 71.0 Å². The predicted molar refractivity (Wildman–Crippen MR) is 108 cm³/mol. The van der Waals surface area contributed by atoms with Crippen LogP contribution in [0.5, 0.6) is 0 Å². The summed E-state index contributed by atoms with van der Waals surface area (Å²) in [5, 5.41) is 0.904. The number of likely N-dealkylation sites (N-methyl/N-ethyl adjacent to an activating group) is 1. The molecule has 0 unspecified atom stereocenters. The van der Waals surface area contributed by atoms with E-state index in [1.54, 1.807) is 18.2 Å². The lowest BCUT2D eigenvalue weighted by Gasteiger charge is -2.25. The number of fused-ring (bicyclic) bond motifs is 1. The van der Waals surface area contributed by atoms with Gasteiger partial charge in [0, 0.05) is 18.0 Å². The maximum Gasteiger partial charge on any atom is 0.310 e. The topological polar surface area (TPSA) is 59.8 Å². The van der Waals surface area contributed by atoms with Crippen LogP contribution in [0.2, 0.25) is 0 Å². The van der Waals surface area contributed by atoms with E-state index in [2.05, 4.69) is 0 Å². The monoisotopic (exact) mass is 379 g/mol. The van der Waals surface area contributed by atoms with Crippen LogP contribution in [-0.2, 0) is 20.7 Å². The minimum atomic E-state index is -0.449. The molecule has 3 aromatic rings. The molecule has 1 heterocycles. The van der Waals surface area contributed by atoms with E-state index in [0.717, 1.165) is 33.2 Å². The lowest BCUT2D eigenvalue weighted by atomic mass is 10.0. The van der Waals surface area contributed by atoms with Crippen molar-refractivity contribution in [3.8, 4) is 0 Å². The molecule has 5 nitrogen and oxygen atoms in total. The molecule has 0 aliphatic carbocycles. The van der Waals surface area contributed by atoms with Crippen molar-refractivity contribution >= 4 is 22.8 Å². The van der Waals surface area contributed by atoms with Crippen LogP contribution in [0.25, 0.3) is 11.0 Å². The molecule has 146 valence electrons. The molecule has 0 saturated carbocycles. The summed E-state index contributed by atoms with van der Waals surface area (Å²) in [6.07, 6.45) is 1.65. The molecular formula is C23H25NO4. The van der Waals surface area contributed by atoms with Crippen LogP contribution in [0.3, 0.4) is 0 Å². The third kappa shape index (κ3) is 4.25. The van der Waals surface area contributed by atoms with E-state index in [0.29, 0.717) is 0 Å². The Bertz CT molecular complexity index is 991. The molecule has 3 rings (SSSR count). The first-order valence-electron chi connectivity index (χ1n) is 9.30. The number of esters is 1. The number of rotatable bonds is 6. The van der Waals surface area contributed by atoms with Crippen LogP contribution in [0.1, 0.15) is 35.2 Å². The molecule has 1 atom stereocenters. The van der Waals surface area contributed by atoms with Gasteiger partial charge in [0.05, 0.1) is 18.7 Å². The van der Waals surface area contributed by atoms with Crippen molar-refractivity contribution in [3.63, 3.8) is 0 Å². The van der Waals surface area contributed by atoms with Crippen molar-refractivity contribution in [1.82, 2.24) is 4.90 Å². The summed E-state index contributed by atoms with van der Waals surface area (Å²) in [5.74, 6) is -0.691. The molecule has 0 N–H and O–H groups in total. The quantitative estimate of drug-likeness (QED) is 0.597. The Labute approximate surface area is 164 Å². The van der Waals surface area contributed by atoms with Gasteiger partial charge in [0.15, 0.2) is 6.61 Å². The Morgan fingerprint density at radius 2 is 1.79 bits per heavy atom. The molecule has 2 aromatic carbocycles. The molecular weight excluding hydrogens is 354 g/mol. The van der Waals surface area contributed by atoms with Gasteiger partial charge in [-0.2, -0.15) is 0 Å². The van der Waals surface area contributed by atoms with Gasteiger partial charge < -0.3 is 14.1 Å². The number of benzene rings is 2. The van der Waals surface area contributed by atoms with Gasteiger partial charge in [-0.25, -0.2) is 0 Å². The number of hydrogen-bond donors (Lipinski definition) is 0. The summed E-state index contributed by atoms with van der Waals surface area (Å²) in [6.45, 7) is 5.70. The minimum absolute atomic E-state index is 0.0702. The zero-order valence-electron chi connectivity index (χ0n) is 16.7. The minimum Gasteiger partial charge on any atom is -0.464 e. The highest BCUT2D eigenvalue weighted by atomic mass is 16.5. The van der Waals surface area contributed by atoms with Crippen LogP contribution < -0.4 is 0 Å². The average molecular weight is 379 g/mol. The molecule has 5 heteroatoms. The van der Waals surface area contributed by atoms with E-state index in [4.69, 9.17) is 9.15 Å². The Kier molecular flexibility index (Phi) is 5.83. The van der Waals surface area contributed by atoms with Crippen molar-refractivity contribution in [2.75, 3.05) is 13.7 Å². The molecule has 0 saturated heterocycles. The highest BCUT2D eigenvalue weighted by Gasteiger charge is 2.19. The van der Waals surface area contributed by atoms with E-state index in [9.17, 15) is 9.59 Å². The molecule has 28 heavy (non-hydrogen) atoms. The number of ether oxygens (including phenoxy) is 1. The fourth-order valence-corrected chi connectivity index (χ4v) is 3.09. The van der Waals surface area contributed by atoms with Gasteiger partial charge in [-0.3, -0.25) is 9.59 Å². The standard InChI is InChI=1S/C23H25NO4/c1-15-10-20-19(13-27-21(20)11-16(15)2)12-23(26)28-14-22(25)24(4)17(3)18-8-6-5-7-9-18/h5-11,13,17H,12,14H2,1-4H3/t17-/m0/s1. The molecule has 0 spiro atoms. The van der Waals surface area contributed by atoms with E-state index in [1.165, 1.54) is 0 Å². The van der Waals surface area contributed by atoms with E-state index >= 15 is 0 Å². The fraction of sp³-hybridized carbons (Fsp3) is 0.304. The number of carbonyl (C=O) groups excluding carboxylic acids is 2. The zero-order chi connectivity index (χ0) is 20.3. The van der Waals surface area contributed by atoms with E-state index in [-0.39, 0.29) is 25.0 Å². The van der Waals surface area contributed by atoms with Crippen LogP contribution in [0.15, 0.2) is 53.1 Å². The first-order valence-corrected chi connectivity index (χ1v) is 9.30. The number of carbonyl (C=O) groups is 2. The third-order valence-electron chi connectivity index (χ3n) is 5.22. The largest absolute Gasteiger partial charge is 0.464 e. The summed E-state index contributed by atoms with van der Waals surface area (Å²) < 4.78 is 10.8. The fourth-order valence-electron chi connectivity index (χ4n) is 3.09. The van der Waals surface area contributed by atoms with Gasteiger partial charge in [-0.05, 0) is 49.6 Å². The van der Waals surface area contributed by atoms with Gasteiger partial charge in [0.1, 0.15) is 5.58 Å². The molecule has 0 aliphatic heterocycles. The summed E-state index contributed by atoms with van der Waals surface area (Å²) in [4.78, 5) is 26.2. The second kappa shape index (κ2) is 8.30. The normalized spacial score (nSPS) is 12.0. The lowest BCUT2D eigenvalue weighted by Crippen LogP contribution is -2.33. The van der Waals surface area contributed by atoms with Crippen molar-refractivity contribution < 1.29 is 18.7 Å². The summed E-state index contributed by atoms with van der Waals surface area (Å²) in [5.41, 5.74) is 4.81. The van der Waals surface area contributed by atoms with Crippen molar-refractivity contribution in [2.24, 2.45) is 0 Å². The average Bonchev–Trinajstić information content (AvgIpc) is 3.07. The van der Waals surface area contributed by atoms with Gasteiger partial charge in [-0.15, -0.1) is 0 Å². The Morgan fingerprint density at radius 1 is 1.11 bits per heavy atom. The number of hydrogen-bond acceptors (Lipinski definition) is 4. The molecule has 0 bridgehead atoms. The molecule has 0 radical (unpaired) electrons. The lowest BCUT2D eigenvalue weighted by molar-refractivity contribution is -0.151. The SMILES string of the molecule is Cc1cc2occ(CC(=O)OCC(=O)N(C)[C@@H](C)c3ccccc3)c2cc1C. The number of amides is 1. The first kappa shape index (κ1) is 19.7. The highest BCUT2D eigenvalue weighted by molar-refractivity contribution is 5.87. The van der Waals surface area contributed by atoms with Crippen molar-refractivity contribution in [1.29, 1.82) is 0 Å². The number of aryl methyl sites for hydroxylation is 2. The van der Waals surface area contributed by atoms with Gasteiger partial charge in [0.25, 0.3) is 5.91 Å². The van der Waals surface area contributed by atoms with Crippen LogP contribution in [0, 0.1) is 13.8 Å². The molecule has 1 amide bonds. The van der Waals surface area contributed by atoms with Gasteiger partial charge in [0.2, 0.25) is 0 Å². The second-order valence-corrected chi connectivity index (χ2v) is 7.12. The Hall–Kier alpha value is -3.08. The maximum atomic E-state index is 12.4. The van der Waals surface area contributed by atoms with Gasteiger partial charge >= 0.3 is 5.97 Å². The maximum absolute atomic E-state index is 12.4. The first-order chi connectivity index (χ1) is 13.4. The zero-order valence-corrected chi connectivity index (χ0v) is 16.7. The summed E-state index contributed by atoms with van der Waals surface area (Å²) in [7, 11) is 1.71. The molecule has 1 aromatic heterocycles. The predicted octanol–water partition coefficient (Wildman–Crippen LogP) is 4.35. The number of nitrogens with zero attached hydrogens (tertiary/aromatic N) is 1. The molecule has 0 fully saturated rings. The second-order valence-electron chi connectivity index (χ2n) is 7.12. The highest BCUT2D eigenvalue weighted by Crippen LogP contribution is 2.25. The van der Waals surface area contributed by atoms with E-state index < -0.39 is 5.97 Å². The third-order valence-corrected chi connectivity index (χ3v) is 5.22. The van der Waals surface area contributed by atoms with Crippen molar-refractivity contribution in [2.45, 2.75) is 33.2 Å². The summed E-state index contributed by atoms with van der Waals surface area (Å²) >= 11 is 0. The number of furan rings is 1. The smallest absolute Gasteiger partial charge is 0.310 e. The van der Waals surface area contributed by atoms with Crippen LogP contribution in [0.4, 0.5) is 0 Å². The molecule has 0 aliphatic rings. The Balaban J connectivity index is 1.58. The van der Waals surface area contributed by atoms with Crippen LogP contribution in [-0.4, -0.2) is 30.4 Å². The Morgan fingerprint density at radius 3 is 2.50 bits per heavy atom. The summed E-state index contributed by atoms with van der Waals surface area (Å²) in [6, 6.07) is 13.6.